The molecule has 1 aromatic carbocycles. The minimum absolute atomic E-state index is 0. The molecule has 1 atom stereocenters. The van der Waals surface area contributed by atoms with Crippen molar-refractivity contribution in [2.24, 2.45) is 11.7 Å². The summed E-state index contributed by atoms with van der Waals surface area (Å²) in [5.74, 6) is 0.584. The Morgan fingerprint density at radius 1 is 1.20 bits per heavy atom. The summed E-state index contributed by atoms with van der Waals surface area (Å²) in [5.41, 5.74) is 6.25. The van der Waals surface area contributed by atoms with Gasteiger partial charge in [-0.3, -0.25) is 9.48 Å². The maximum atomic E-state index is 12.8. The summed E-state index contributed by atoms with van der Waals surface area (Å²) in [6.07, 6.45) is 5.79. The van der Waals surface area contributed by atoms with Crippen molar-refractivity contribution in [3.63, 3.8) is 0 Å². The number of carbonyl (C=O) groups excluding carboxylic acids is 1. The van der Waals surface area contributed by atoms with Crippen molar-refractivity contribution in [2.45, 2.75) is 31.8 Å². The number of halogens is 2. The molecule has 0 radical (unpaired) electrons. The zero-order valence-corrected chi connectivity index (χ0v) is 16.0. The summed E-state index contributed by atoms with van der Waals surface area (Å²) in [6, 6.07) is 11.6. The van der Waals surface area contributed by atoms with Crippen LogP contribution in [0.25, 0.3) is 0 Å². The number of hydrogen-bond donors (Lipinski definition) is 1. The van der Waals surface area contributed by atoms with Gasteiger partial charge in [-0.2, -0.15) is 5.10 Å². The molecule has 138 valence electrons. The molecule has 0 bridgehead atoms. The van der Waals surface area contributed by atoms with Gasteiger partial charge in [0.2, 0.25) is 5.91 Å². The Morgan fingerprint density at radius 2 is 1.84 bits per heavy atom. The topological polar surface area (TPSA) is 64.2 Å². The van der Waals surface area contributed by atoms with Crippen LogP contribution in [0.4, 0.5) is 0 Å². The summed E-state index contributed by atoms with van der Waals surface area (Å²) in [7, 11) is 0. The number of hydrogen-bond acceptors (Lipinski definition) is 3. The van der Waals surface area contributed by atoms with Crippen molar-refractivity contribution in [3.05, 3.63) is 54.4 Å². The van der Waals surface area contributed by atoms with E-state index in [4.69, 9.17) is 5.73 Å². The standard InChI is InChI=1S/C18H24N4O.2ClH/c1-18(19,16-6-3-2-4-7-16)17(23)21-12-8-15(9-13-21)14-22-11-5-10-20-22;;/h2-7,10-11,15H,8-9,12-14,19H2,1H3;2*1H. The van der Waals surface area contributed by atoms with Crippen molar-refractivity contribution in [3.8, 4) is 0 Å². The van der Waals surface area contributed by atoms with Crippen molar-refractivity contribution in [1.82, 2.24) is 14.7 Å². The van der Waals surface area contributed by atoms with Gasteiger partial charge in [0, 0.05) is 32.0 Å². The first-order valence-electron chi connectivity index (χ1n) is 8.18. The van der Waals surface area contributed by atoms with Crippen LogP contribution < -0.4 is 5.73 Å². The summed E-state index contributed by atoms with van der Waals surface area (Å²) < 4.78 is 1.97. The second-order valence-corrected chi connectivity index (χ2v) is 6.53. The number of amides is 1. The molecule has 5 nitrogen and oxygen atoms in total. The van der Waals surface area contributed by atoms with Crippen LogP contribution in [0.15, 0.2) is 48.8 Å². The third-order valence-corrected chi connectivity index (χ3v) is 4.72. The first-order chi connectivity index (χ1) is 11.1. The molecule has 0 saturated carbocycles. The summed E-state index contributed by atoms with van der Waals surface area (Å²) in [4.78, 5) is 14.7. The highest BCUT2D eigenvalue weighted by molar-refractivity contribution is 5.87. The fourth-order valence-corrected chi connectivity index (χ4v) is 3.23. The highest BCUT2D eigenvalue weighted by Gasteiger charge is 2.35. The van der Waals surface area contributed by atoms with E-state index in [1.54, 1.807) is 13.1 Å². The maximum absolute atomic E-state index is 12.8. The molecule has 25 heavy (non-hydrogen) atoms. The van der Waals surface area contributed by atoms with Crippen molar-refractivity contribution in [1.29, 1.82) is 0 Å². The molecule has 7 heteroatoms. The lowest BCUT2D eigenvalue weighted by Gasteiger charge is -2.37. The lowest BCUT2D eigenvalue weighted by atomic mass is 9.89. The van der Waals surface area contributed by atoms with Crippen molar-refractivity contribution in [2.75, 3.05) is 13.1 Å². The van der Waals surface area contributed by atoms with Gasteiger partial charge >= 0.3 is 0 Å². The zero-order chi connectivity index (χ0) is 16.3. The largest absolute Gasteiger partial charge is 0.341 e. The average molecular weight is 385 g/mol. The summed E-state index contributed by atoms with van der Waals surface area (Å²) in [6.45, 7) is 4.27. The Labute approximate surface area is 161 Å². The van der Waals surface area contributed by atoms with Crippen LogP contribution in [-0.2, 0) is 16.9 Å². The van der Waals surface area contributed by atoms with Crippen molar-refractivity contribution >= 4 is 30.7 Å². The van der Waals surface area contributed by atoms with Crippen LogP contribution in [0.5, 0.6) is 0 Å². The minimum atomic E-state index is -0.962. The molecule has 1 aliphatic rings. The molecule has 2 heterocycles. The molecule has 1 saturated heterocycles. The van der Waals surface area contributed by atoms with E-state index in [1.165, 1.54) is 0 Å². The number of rotatable bonds is 4. The molecular formula is C18H26Cl2N4O. The van der Waals surface area contributed by atoms with Gasteiger partial charge in [-0.1, -0.05) is 30.3 Å². The average Bonchev–Trinajstić information content (AvgIpc) is 3.09. The van der Waals surface area contributed by atoms with E-state index in [0.29, 0.717) is 5.92 Å². The molecule has 1 fully saturated rings. The van der Waals surface area contributed by atoms with E-state index in [-0.39, 0.29) is 30.7 Å². The second-order valence-electron chi connectivity index (χ2n) is 6.53. The van der Waals surface area contributed by atoms with E-state index >= 15 is 0 Å². The number of aromatic nitrogens is 2. The monoisotopic (exact) mass is 384 g/mol. The first-order valence-corrected chi connectivity index (χ1v) is 8.18. The molecule has 1 aromatic heterocycles. The third kappa shape index (κ3) is 4.97. The SMILES string of the molecule is CC(N)(C(=O)N1CCC(Cn2cccn2)CC1)c1ccccc1.Cl.Cl. The van der Waals surface area contributed by atoms with Gasteiger partial charge in [0.25, 0.3) is 0 Å². The minimum Gasteiger partial charge on any atom is -0.341 e. The molecule has 2 N–H and O–H groups in total. The van der Waals surface area contributed by atoms with Crippen LogP contribution in [0, 0.1) is 5.92 Å². The maximum Gasteiger partial charge on any atom is 0.246 e. The molecule has 2 aromatic rings. The molecule has 1 aliphatic heterocycles. The summed E-state index contributed by atoms with van der Waals surface area (Å²) >= 11 is 0. The van der Waals surface area contributed by atoms with Gasteiger partial charge in [-0.15, -0.1) is 24.8 Å². The van der Waals surface area contributed by atoms with E-state index < -0.39 is 5.54 Å². The zero-order valence-electron chi connectivity index (χ0n) is 14.4. The Hall–Kier alpha value is -1.56. The van der Waals surface area contributed by atoms with Crippen LogP contribution in [0.2, 0.25) is 0 Å². The van der Waals surface area contributed by atoms with Gasteiger partial charge in [0.15, 0.2) is 0 Å². The van der Waals surface area contributed by atoms with E-state index in [9.17, 15) is 4.79 Å². The molecule has 1 amide bonds. The van der Waals surface area contributed by atoms with Crippen LogP contribution in [0.3, 0.4) is 0 Å². The highest BCUT2D eigenvalue weighted by atomic mass is 35.5. The highest BCUT2D eigenvalue weighted by Crippen LogP contribution is 2.25. The van der Waals surface area contributed by atoms with Gasteiger partial charge in [0.05, 0.1) is 0 Å². The van der Waals surface area contributed by atoms with Crippen LogP contribution in [-0.4, -0.2) is 33.7 Å². The van der Waals surface area contributed by atoms with Gasteiger partial charge in [-0.25, -0.2) is 0 Å². The van der Waals surface area contributed by atoms with E-state index in [0.717, 1.165) is 38.0 Å². The third-order valence-electron chi connectivity index (χ3n) is 4.72. The fraction of sp³-hybridized carbons (Fsp3) is 0.444. The lowest BCUT2D eigenvalue weighted by molar-refractivity contribution is -0.138. The van der Waals surface area contributed by atoms with E-state index in [2.05, 4.69) is 5.10 Å². The summed E-state index contributed by atoms with van der Waals surface area (Å²) in [5, 5.41) is 4.26. The Bertz CT molecular complexity index is 638. The molecule has 3 rings (SSSR count). The second kappa shape index (κ2) is 9.22. The molecule has 0 aliphatic carbocycles. The number of likely N-dealkylation sites (tertiary alicyclic amines) is 1. The Kier molecular flexibility index (Phi) is 7.93. The van der Waals surface area contributed by atoms with Gasteiger partial charge < -0.3 is 10.6 Å². The predicted octanol–water partition coefficient (Wildman–Crippen LogP) is 2.84. The van der Waals surface area contributed by atoms with Crippen LogP contribution >= 0.6 is 24.8 Å². The predicted molar refractivity (Wildman–Crippen MR) is 104 cm³/mol. The number of nitrogens with two attached hydrogens (primary N) is 1. The number of carbonyl (C=O) groups is 1. The van der Waals surface area contributed by atoms with Crippen molar-refractivity contribution < 1.29 is 4.79 Å². The Balaban J connectivity index is 0.00000156. The normalized spacial score (nSPS) is 17.1. The fourth-order valence-electron chi connectivity index (χ4n) is 3.23. The van der Waals surface area contributed by atoms with Crippen LogP contribution in [0.1, 0.15) is 25.3 Å². The van der Waals surface area contributed by atoms with E-state index in [1.807, 2.05) is 52.2 Å². The quantitative estimate of drug-likeness (QED) is 0.880. The lowest BCUT2D eigenvalue weighted by Crippen LogP contribution is -2.53. The smallest absolute Gasteiger partial charge is 0.246 e. The molecule has 1 unspecified atom stereocenters. The molecular weight excluding hydrogens is 359 g/mol. The van der Waals surface area contributed by atoms with Gasteiger partial charge in [0.1, 0.15) is 5.54 Å². The first kappa shape index (κ1) is 21.5. The Morgan fingerprint density at radius 3 is 2.40 bits per heavy atom. The molecule has 0 spiro atoms. The van der Waals surface area contributed by atoms with Gasteiger partial charge in [-0.05, 0) is 37.3 Å². The number of benzene rings is 1. The number of piperidine rings is 1. The number of nitrogens with zero attached hydrogens (tertiary/aromatic N) is 3.